The predicted molar refractivity (Wildman–Crippen MR) is 91.7 cm³/mol. The Hall–Kier alpha value is -3.55. The summed E-state index contributed by atoms with van der Waals surface area (Å²) < 4.78 is 2.89. The van der Waals surface area contributed by atoms with Gasteiger partial charge in [-0.1, -0.05) is 24.3 Å². The summed E-state index contributed by atoms with van der Waals surface area (Å²) in [5.41, 5.74) is 1.77. The maximum absolute atomic E-state index is 12.9. The molecular weight excluding hydrogens is 322 g/mol. The Morgan fingerprint density at radius 2 is 1.84 bits per heavy atom. The topological polar surface area (TPSA) is 95.3 Å². The first kappa shape index (κ1) is 15.0. The molecule has 8 heteroatoms. The van der Waals surface area contributed by atoms with E-state index in [2.05, 4.69) is 10.1 Å². The van der Waals surface area contributed by atoms with E-state index in [1.165, 1.54) is 16.6 Å². The minimum Gasteiger partial charge on any atom is -0.287 e. The lowest BCUT2D eigenvalue weighted by atomic mass is 10.2. The van der Waals surface area contributed by atoms with Gasteiger partial charge in [-0.2, -0.15) is 4.52 Å². The van der Waals surface area contributed by atoms with Gasteiger partial charge in [0.2, 0.25) is 0 Å². The van der Waals surface area contributed by atoms with E-state index >= 15 is 0 Å². The zero-order valence-electron chi connectivity index (χ0n) is 13.3. The van der Waals surface area contributed by atoms with Gasteiger partial charge in [-0.15, -0.1) is 5.10 Å². The first-order chi connectivity index (χ1) is 12.0. The zero-order chi connectivity index (χ0) is 17.6. The molecule has 0 unspecified atom stereocenters. The largest absolute Gasteiger partial charge is 0.351 e. The van der Waals surface area contributed by atoms with Crippen molar-refractivity contribution in [1.82, 2.24) is 19.2 Å². The molecule has 2 heterocycles. The zero-order valence-corrected chi connectivity index (χ0v) is 13.3. The monoisotopic (exact) mass is 335 g/mol. The van der Waals surface area contributed by atoms with Crippen LogP contribution in [0, 0.1) is 17.0 Å². The molecule has 0 aliphatic carbocycles. The Labute approximate surface area is 141 Å². The summed E-state index contributed by atoms with van der Waals surface area (Å²) in [5.74, 6) is 0.523. The van der Waals surface area contributed by atoms with Crippen LogP contribution in [-0.4, -0.2) is 24.1 Å². The third-order valence-corrected chi connectivity index (χ3v) is 4.05. The maximum Gasteiger partial charge on any atom is 0.351 e. The van der Waals surface area contributed by atoms with Crippen LogP contribution in [0.15, 0.2) is 53.3 Å². The van der Waals surface area contributed by atoms with E-state index in [1.54, 1.807) is 23.6 Å². The Balaban J connectivity index is 1.92. The first-order valence-corrected chi connectivity index (χ1v) is 7.63. The van der Waals surface area contributed by atoms with Crippen LogP contribution in [0.25, 0.3) is 16.6 Å². The molecule has 0 aliphatic heterocycles. The van der Waals surface area contributed by atoms with Crippen molar-refractivity contribution in [3.8, 4) is 0 Å². The smallest absolute Gasteiger partial charge is 0.287 e. The van der Waals surface area contributed by atoms with E-state index in [-0.39, 0.29) is 17.9 Å². The summed E-state index contributed by atoms with van der Waals surface area (Å²) in [4.78, 5) is 27.5. The highest BCUT2D eigenvalue weighted by atomic mass is 16.6. The first-order valence-electron chi connectivity index (χ1n) is 7.63. The number of para-hydroxylation sites is 1. The van der Waals surface area contributed by atoms with Gasteiger partial charge in [-0.25, -0.2) is 9.78 Å². The average Bonchev–Trinajstić information content (AvgIpc) is 3.01. The number of nitro groups is 1. The standard InChI is InChI=1S/C17H13N5O3/c1-11-18-16-14-4-2-3-5-15(14)20(17(23)21(16)19-11)10-12-6-8-13(9-7-12)22(24)25/h2-9H,10H2,1H3. The van der Waals surface area contributed by atoms with Crippen molar-refractivity contribution in [2.45, 2.75) is 13.5 Å². The van der Waals surface area contributed by atoms with E-state index in [9.17, 15) is 14.9 Å². The molecule has 2 aromatic carbocycles. The molecule has 124 valence electrons. The highest BCUT2D eigenvalue weighted by Gasteiger charge is 2.14. The van der Waals surface area contributed by atoms with Crippen LogP contribution in [-0.2, 0) is 6.54 Å². The Morgan fingerprint density at radius 3 is 2.56 bits per heavy atom. The minimum atomic E-state index is -0.449. The fraction of sp³-hybridized carbons (Fsp3) is 0.118. The molecule has 0 aliphatic rings. The van der Waals surface area contributed by atoms with E-state index in [4.69, 9.17) is 0 Å². The highest BCUT2D eigenvalue weighted by Crippen LogP contribution is 2.18. The highest BCUT2D eigenvalue weighted by molar-refractivity contribution is 5.91. The molecule has 0 spiro atoms. The summed E-state index contributed by atoms with van der Waals surface area (Å²) in [5, 5.41) is 15.8. The number of hydrogen-bond acceptors (Lipinski definition) is 5. The van der Waals surface area contributed by atoms with Gasteiger partial charge in [0.25, 0.3) is 5.69 Å². The Kier molecular flexibility index (Phi) is 3.31. The van der Waals surface area contributed by atoms with Gasteiger partial charge in [0.1, 0.15) is 5.82 Å². The molecule has 2 aromatic heterocycles. The summed E-state index contributed by atoms with van der Waals surface area (Å²) in [7, 11) is 0. The number of aromatic nitrogens is 4. The van der Waals surface area contributed by atoms with Crippen molar-refractivity contribution in [3.63, 3.8) is 0 Å². The third-order valence-electron chi connectivity index (χ3n) is 4.05. The second-order valence-electron chi connectivity index (χ2n) is 5.70. The van der Waals surface area contributed by atoms with Gasteiger partial charge in [0.05, 0.1) is 17.0 Å². The molecule has 0 amide bonds. The lowest BCUT2D eigenvalue weighted by molar-refractivity contribution is -0.384. The van der Waals surface area contributed by atoms with E-state index < -0.39 is 4.92 Å². The van der Waals surface area contributed by atoms with E-state index in [0.717, 1.165) is 16.5 Å². The van der Waals surface area contributed by atoms with E-state index in [0.29, 0.717) is 11.5 Å². The van der Waals surface area contributed by atoms with Crippen LogP contribution in [0.3, 0.4) is 0 Å². The Bertz CT molecular complexity index is 1170. The minimum absolute atomic E-state index is 0.0170. The molecule has 4 aromatic rings. The molecule has 0 atom stereocenters. The molecule has 0 radical (unpaired) electrons. The molecule has 0 saturated heterocycles. The second kappa shape index (κ2) is 5.52. The number of nitrogens with zero attached hydrogens (tertiary/aromatic N) is 5. The number of non-ortho nitro benzene ring substituents is 1. The van der Waals surface area contributed by atoms with Gasteiger partial charge in [0, 0.05) is 17.5 Å². The van der Waals surface area contributed by atoms with Crippen LogP contribution in [0.5, 0.6) is 0 Å². The van der Waals surface area contributed by atoms with Crippen molar-refractivity contribution in [2.75, 3.05) is 0 Å². The van der Waals surface area contributed by atoms with Gasteiger partial charge in [0.15, 0.2) is 5.65 Å². The molecule has 0 bridgehead atoms. The molecule has 0 fully saturated rings. The molecule has 8 nitrogen and oxygen atoms in total. The average molecular weight is 335 g/mol. The predicted octanol–water partition coefficient (Wildman–Crippen LogP) is 2.31. The van der Waals surface area contributed by atoms with Crippen LogP contribution in [0.2, 0.25) is 0 Å². The third kappa shape index (κ3) is 2.44. The Morgan fingerprint density at radius 1 is 1.12 bits per heavy atom. The van der Waals surface area contributed by atoms with Crippen molar-refractivity contribution in [1.29, 1.82) is 0 Å². The van der Waals surface area contributed by atoms with Crippen molar-refractivity contribution >= 4 is 22.2 Å². The normalized spacial score (nSPS) is 11.2. The van der Waals surface area contributed by atoms with Crippen molar-refractivity contribution < 1.29 is 4.92 Å². The fourth-order valence-electron chi connectivity index (χ4n) is 2.90. The van der Waals surface area contributed by atoms with Crippen molar-refractivity contribution in [3.05, 3.63) is 80.5 Å². The number of benzene rings is 2. The quantitative estimate of drug-likeness (QED) is 0.423. The van der Waals surface area contributed by atoms with Gasteiger partial charge in [-0.3, -0.25) is 14.7 Å². The summed E-state index contributed by atoms with van der Waals surface area (Å²) in [6.07, 6.45) is 0. The lowest BCUT2D eigenvalue weighted by Crippen LogP contribution is -2.28. The number of hydrogen-bond donors (Lipinski definition) is 0. The lowest BCUT2D eigenvalue weighted by Gasteiger charge is -2.11. The molecule has 25 heavy (non-hydrogen) atoms. The van der Waals surface area contributed by atoms with Crippen LogP contribution in [0.4, 0.5) is 5.69 Å². The number of rotatable bonds is 3. The maximum atomic E-state index is 12.9. The van der Waals surface area contributed by atoms with Crippen LogP contribution >= 0.6 is 0 Å². The fourth-order valence-corrected chi connectivity index (χ4v) is 2.90. The summed E-state index contributed by atoms with van der Waals surface area (Å²) >= 11 is 0. The second-order valence-corrected chi connectivity index (χ2v) is 5.70. The number of nitro benzene ring substituents is 1. The number of fused-ring (bicyclic) bond motifs is 3. The molecular formula is C17H13N5O3. The summed E-state index contributed by atoms with van der Waals surface area (Å²) in [6, 6.07) is 13.6. The van der Waals surface area contributed by atoms with E-state index in [1.807, 2.05) is 24.3 Å². The van der Waals surface area contributed by atoms with Gasteiger partial charge < -0.3 is 0 Å². The van der Waals surface area contributed by atoms with Gasteiger partial charge in [-0.05, 0) is 24.6 Å². The molecule has 4 rings (SSSR count). The summed E-state index contributed by atoms with van der Waals surface area (Å²) in [6.45, 7) is 2.02. The molecule has 0 saturated carbocycles. The number of aryl methyl sites for hydroxylation is 1. The van der Waals surface area contributed by atoms with Crippen molar-refractivity contribution in [2.24, 2.45) is 0 Å². The van der Waals surface area contributed by atoms with Crippen LogP contribution < -0.4 is 5.69 Å². The van der Waals surface area contributed by atoms with Crippen LogP contribution in [0.1, 0.15) is 11.4 Å². The van der Waals surface area contributed by atoms with Gasteiger partial charge >= 0.3 is 5.69 Å². The SMILES string of the molecule is Cc1nc2c3ccccc3n(Cc3ccc([N+](=O)[O-])cc3)c(=O)n2n1. The molecule has 0 N–H and O–H groups in total.